The summed E-state index contributed by atoms with van der Waals surface area (Å²) in [6.45, 7) is 4.35. The Balaban J connectivity index is 1.54. The third kappa shape index (κ3) is 3.76. The van der Waals surface area contributed by atoms with Crippen LogP contribution < -0.4 is 0 Å². The predicted molar refractivity (Wildman–Crippen MR) is 120 cm³/mol. The van der Waals surface area contributed by atoms with E-state index in [0.717, 1.165) is 42.8 Å². The molecule has 0 atom stereocenters. The molecule has 2 aromatic carbocycles. The van der Waals surface area contributed by atoms with Gasteiger partial charge in [-0.25, -0.2) is 4.98 Å². The molecule has 30 heavy (non-hydrogen) atoms. The standard InChI is InChI=1S/C26H30N2O2/c1-18-4-2-7-21(12-18)25-23(16-28-10-8-26(30,17-29)9-11-28)14-22-13-19-5-3-6-20(19)15-24(22)27-25/h2,4,7,12-15,29-30H,3,5-6,8-11,16-17H2,1H3. The van der Waals surface area contributed by atoms with E-state index in [-0.39, 0.29) is 6.61 Å². The Hall–Kier alpha value is -2.27. The van der Waals surface area contributed by atoms with Gasteiger partial charge in [-0.1, -0.05) is 23.8 Å². The molecular weight excluding hydrogens is 372 g/mol. The van der Waals surface area contributed by atoms with Crippen molar-refractivity contribution in [2.75, 3.05) is 19.7 Å². The molecule has 0 radical (unpaired) electrons. The van der Waals surface area contributed by atoms with Gasteiger partial charge >= 0.3 is 0 Å². The molecule has 4 heteroatoms. The topological polar surface area (TPSA) is 56.6 Å². The van der Waals surface area contributed by atoms with Crippen LogP contribution in [0.2, 0.25) is 0 Å². The van der Waals surface area contributed by atoms with E-state index >= 15 is 0 Å². The van der Waals surface area contributed by atoms with E-state index in [4.69, 9.17) is 4.98 Å². The maximum atomic E-state index is 10.4. The van der Waals surface area contributed by atoms with Crippen LogP contribution >= 0.6 is 0 Å². The number of nitrogens with zero attached hydrogens (tertiary/aromatic N) is 2. The van der Waals surface area contributed by atoms with E-state index in [1.54, 1.807) is 0 Å². The van der Waals surface area contributed by atoms with Gasteiger partial charge < -0.3 is 10.2 Å². The summed E-state index contributed by atoms with van der Waals surface area (Å²) in [6, 6.07) is 15.6. The number of piperidine rings is 1. The fourth-order valence-electron chi connectivity index (χ4n) is 4.98. The number of aliphatic hydroxyl groups is 2. The summed E-state index contributed by atoms with van der Waals surface area (Å²) in [5.41, 5.74) is 7.80. The normalized spacial score (nSPS) is 18.6. The Kier molecular flexibility index (Phi) is 5.10. The second-order valence-electron chi connectivity index (χ2n) is 9.19. The van der Waals surface area contributed by atoms with E-state index < -0.39 is 5.60 Å². The third-order valence-corrected chi connectivity index (χ3v) is 6.87. The molecule has 0 amide bonds. The minimum absolute atomic E-state index is 0.155. The van der Waals surface area contributed by atoms with E-state index in [9.17, 15) is 10.2 Å². The summed E-state index contributed by atoms with van der Waals surface area (Å²) in [5.74, 6) is 0. The zero-order valence-corrected chi connectivity index (χ0v) is 17.7. The van der Waals surface area contributed by atoms with Crippen molar-refractivity contribution in [1.29, 1.82) is 0 Å². The van der Waals surface area contributed by atoms with Crippen LogP contribution in [0.5, 0.6) is 0 Å². The summed E-state index contributed by atoms with van der Waals surface area (Å²) in [4.78, 5) is 7.53. The monoisotopic (exact) mass is 402 g/mol. The first-order valence-electron chi connectivity index (χ1n) is 11.1. The third-order valence-electron chi connectivity index (χ3n) is 6.87. The molecule has 2 heterocycles. The Labute approximate surface area is 178 Å². The highest BCUT2D eigenvalue weighted by Crippen LogP contribution is 2.32. The quantitative estimate of drug-likeness (QED) is 0.692. The fraction of sp³-hybridized carbons (Fsp3) is 0.423. The lowest BCUT2D eigenvalue weighted by Gasteiger charge is -2.37. The SMILES string of the molecule is Cc1cccc(-c2nc3cc4c(cc3cc2CN2CCC(O)(CO)CC2)CCC4)c1. The van der Waals surface area contributed by atoms with Gasteiger partial charge in [0.2, 0.25) is 0 Å². The largest absolute Gasteiger partial charge is 0.393 e. The summed E-state index contributed by atoms with van der Waals surface area (Å²) in [6.07, 6.45) is 4.79. The maximum Gasteiger partial charge on any atom is 0.0901 e. The average molecular weight is 403 g/mol. The van der Waals surface area contributed by atoms with Crippen LogP contribution in [-0.2, 0) is 19.4 Å². The molecule has 2 aliphatic rings. The first-order chi connectivity index (χ1) is 14.5. The van der Waals surface area contributed by atoms with Crippen LogP contribution in [0.25, 0.3) is 22.2 Å². The van der Waals surface area contributed by atoms with E-state index in [1.807, 2.05) is 0 Å². The van der Waals surface area contributed by atoms with E-state index in [1.165, 1.54) is 40.5 Å². The van der Waals surface area contributed by atoms with Crippen molar-refractivity contribution in [3.05, 3.63) is 64.7 Å². The van der Waals surface area contributed by atoms with Crippen LogP contribution in [-0.4, -0.2) is 45.4 Å². The lowest BCUT2D eigenvalue weighted by Crippen LogP contribution is -2.46. The highest BCUT2D eigenvalue weighted by molar-refractivity contribution is 5.85. The van der Waals surface area contributed by atoms with Crippen molar-refractivity contribution >= 4 is 10.9 Å². The number of hydrogen-bond donors (Lipinski definition) is 2. The van der Waals surface area contributed by atoms with Crippen LogP contribution in [0.3, 0.4) is 0 Å². The predicted octanol–water partition coefficient (Wildman–Crippen LogP) is 4.02. The highest BCUT2D eigenvalue weighted by atomic mass is 16.3. The number of rotatable bonds is 4. The van der Waals surface area contributed by atoms with Gasteiger partial charge in [0.25, 0.3) is 0 Å². The molecule has 156 valence electrons. The molecule has 5 rings (SSSR count). The van der Waals surface area contributed by atoms with Crippen LogP contribution in [0.1, 0.15) is 41.5 Å². The van der Waals surface area contributed by atoms with Gasteiger partial charge in [-0.3, -0.25) is 4.90 Å². The zero-order valence-electron chi connectivity index (χ0n) is 17.7. The van der Waals surface area contributed by atoms with Gasteiger partial charge in [0, 0.05) is 30.6 Å². The van der Waals surface area contributed by atoms with E-state index in [0.29, 0.717) is 12.8 Å². The number of hydrogen-bond acceptors (Lipinski definition) is 4. The van der Waals surface area contributed by atoms with Crippen molar-refractivity contribution < 1.29 is 10.2 Å². The molecule has 1 saturated heterocycles. The molecule has 0 bridgehead atoms. The van der Waals surface area contributed by atoms with Gasteiger partial charge in [-0.2, -0.15) is 0 Å². The molecule has 1 aromatic heterocycles. The van der Waals surface area contributed by atoms with Crippen molar-refractivity contribution in [3.63, 3.8) is 0 Å². The van der Waals surface area contributed by atoms with Crippen LogP contribution in [0.15, 0.2) is 42.5 Å². The van der Waals surface area contributed by atoms with Crippen LogP contribution in [0.4, 0.5) is 0 Å². The number of aliphatic hydroxyl groups excluding tert-OH is 1. The molecule has 0 spiro atoms. The Morgan fingerprint density at radius 1 is 1.03 bits per heavy atom. The van der Waals surface area contributed by atoms with Crippen LogP contribution in [0, 0.1) is 6.92 Å². The number of pyridine rings is 1. The van der Waals surface area contributed by atoms with Crippen molar-refractivity contribution in [2.24, 2.45) is 0 Å². The summed E-state index contributed by atoms with van der Waals surface area (Å²) >= 11 is 0. The highest BCUT2D eigenvalue weighted by Gasteiger charge is 2.31. The summed E-state index contributed by atoms with van der Waals surface area (Å²) in [5, 5.41) is 21.1. The summed E-state index contributed by atoms with van der Waals surface area (Å²) in [7, 11) is 0. The molecule has 1 aliphatic heterocycles. The Morgan fingerprint density at radius 2 is 1.80 bits per heavy atom. The lowest BCUT2D eigenvalue weighted by atomic mass is 9.92. The fourth-order valence-corrected chi connectivity index (χ4v) is 4.98. The molecule has 0 saturated carbocycles. The number of aryl methyl sites for hydroxylation is 3. The maximum absolute atomic E-state index is 10.4. The first-order valence-corrected chi connectivity index (χ1v) is 11.1. The van der Waals surface area contributed by atoms with E-state index in [2.05, 4.69) is 54.3 Å². The molecule has 3 aromatic rings. The number of benzene rings is 2. The Morgan fingerprint density at radius 3 is 2.53 bits per heavy atom. The minimum atomic E-state index is -0.919. The number of aromatic nitrogens is 1. The van der Waals surface area contributed by atoms with Gasteiger partial charge in [-0.05, 0) is 80.0 Å². The van der Waals surface area contributed by atoms with Gasteiger partial charge in [-0.15, -0.1) is 0 Å². The zero-order chi connectivity index (χ0) is 20.7. The number of likely N-dealkylation sites (tertiary alicyclic amines) is 1. The van der Waals surface area contributed by atoms with Crippen molar-refractivity contribution in [1.82, 2.24) is 9.88 Å². The smallest absolute Gasteiger partial charge is 0.0901 e. The molecule has 1 fully saturated rings. The average Bonchev–Trinajstić information content (AvgIpc) is 3.20. The molecule has 2 N–H and O–H groups in total. The first kappa shape index (κ1) is 19.7. The number of fused-ring (bicyclic) bond motifs is 2. The van der Waals surface area contributed by atoms with Gasteiger partial charge in [0.1, 0.15) is 0 Å². The molecule has 1 aliphatic carbocycles. The molecule has 0 unspecified atom stereocenters. The van der Waals surface area contributed by atoms with Crippen molar-refractivity contribution in [3.8, 4) is 11.3 Å². The minimum Gasteiger partial charge on any atom is -0.393 e. The second kappa shape index (κ2) is 7.77. The van der Waals surface area contributed by atoms with Gasteiger partial charge in [0.15, 0.2) is 0 Å². The lowest BCUT2D eigenvalue weighted by molar-refractivity contribution is -0.0606. The molecular formula is C26H30N2O2. The Bertz CT molecular complexity index is 1080. The molecule has 4 nitrogen and oxygen atoms in total. The van der Waals surface area contributed by atoms with Crippen molar-refractivity contribution in [2.45, 2.75) is 51.2 Å². The van der Waals surface area contributed by atoms with Gasteiger partial charge in [0.05, 0.1) is 23.4 Å². The second-order valence-corrected chi connectivity index (χ2v) is 9.19. The summed E-state index contributed by atoms with van der Waals surface area (Å²) < 4.78 is 0.